The van der Waals surface area contributed by atoms with Crippen molar-refractivity contribution in [1.82, 2.24) is 5.32 Å². The molecule has 0 radical (unpaired) electrons. The lowest BCUT2D eigenvalue weighted by atomic mass is 9.89. The summed E-state index contributed by atoms with van der Waals surface area (Å²) in [6.07, 6.45) is 2.32. The van der Waals surface area contributed by atoms with Crippen molar-refractivity contribution >= 4 is 0 Å². The smallest absolute Gasteiger partial charge is 0.0507 e. The van der Waals surface area contributed by atoms with E-state index >= 15 is 0 Å². The first-order valence-corrected chi connectivity index (χ1v) is 5.91. The molecule has 0 amide bonds. The summed E-state index contributed by atoms with van der Waals surface area (Å²) in [5.41, 5.74) is 0.329. The van der Waals surface area contributed by atoms with Crippen LogP contribution in [-0.2, 0) is 9.47 Å². The van der Waals surface area contributed by atoms with Gasteiger partial charge in [-0.05, 0) is 24.2 Å². The summed E-state index contributed by atoms with van der Waals surface area (Å²) in [6.45, 7) is 9.45. The molecule has 0 saturated carbocycles. The maximum absolute atomic E-state index is 5.34. The van der Waals surface area contributed by atoms with Gasteiger partial charge in [0.15, 0.2) is 0 Å². The minimum absolute atomic E-state index is 0.329. The molecule has 1 heterocycles. The standard InChI is InChI=1S/C12H25NO2/c1-12(2,5-7-14-3)10-13-8-11-4-6-15-9-11/h11,13H,4-10H2,1-3H3. The van der Waals surface area contributed by atoms with Gasteiger partial charge in [-0.3, -0.25) is 0 Å². The van der Waals surface area contributed by atoms with Gasteiger partial charge < -0.3 is 14.8 Å². The Morgan fingerprint density at radius 1 is 1.47 bits per heavy atom. The van der Waals surface area contributed by atoms with E-state index in [4.69, 9.17) is 9.47 Å². The minimum Gasteiger partial charge on any atom is -0.385 e. The molecule has 1 rings (SSSR count). The zero-order valence-electron chi connectivity index (χ0n) is 10.3. The fourth-order valence-corrected chi connectivity index (χ4v) is 1.83. The van der Waals surface area contributed by atoms with Gasteiger partial charge in [0.25, 0.3) is 0 Å². The molecular weight excluding hydrogens is 190 g/mol. The quantitative estimate of drug-likeness (QED) is 0.701. The van der Waals surface area contributed by atoms with Crippen molar-refractivity contribution < 1.29 is 9.47 Å². The largest absolute Gasteiger partial charge is 0.385 e. The highest BCUT2D eigenvalue weighted by atomic mass is 16.5. The van der Waals surface area contributed by atoms with Gasteiger partial charge in [-0.2, -0.15) is 0 Å². The molecule has 0 aromatic rings. The molecule has 0 aromatic heterocycles. The third-order valence-corrected chi connectivity index (χ3v) is 3.04. The number of hydrogen-bond acceptors (Lipinski definition) is 3. The predicted molar refractivity (Wildman–Crippen MR) is 62.1 cm³/mol. The summed E-state index contributed by atoms with van der Waals surface area (Å²) in [6, 6.07) is 0. The molecule has 1 aliphatic heterocycles. The van der Waals surface area contributed by atoms with E-state index in [1.165, 1.54) is 6.42 Å². The van der Waals surface area contributed by atoms with Crippen LogP contribution in [0, 0.1) is 11.3 Å². The molecular formula is C12H25NO2. The van der Waals surface area contributed by atoms with Crippen molar-refractivity contribution in [3.63, 3.8) is 0 Å². The maximum Gasteiger partial charge on any atom is 0.0507 e. The third kappa shape index (κ3) is 5.50. The minimum atomic E-state index is 0.329. The first-order valence-electron chi connectivity index (χ1n) is 5.91. The molecule has 1 atom stereocenters. The monoisotopic (exact) mass is 215 g/mol. The Labute approximate surface area is 93.5 Å². The van der Waals surface area contributed by atoms with Crippen molar-refractivity contribution in [2.24, 2.45) is 11.3 Å². The van der Waals surface area contributed by atoms with Crippen molar-refractivity contribution in [3.8, 4) is 0 Å². The molecule has 1 fully saturated rings. The lowest BCUT2D eigenvalue weighted by molar-refractivity contribution is 0.149. The van der Waals surface area contributed by atoms with E-state index in [1.807, 2.05) is 0 Å². The van der Waals surface area contributed by atoms with E-state index in [2.05, 4.69) is 19.2 Å². The molecule has 15 heavy (non-hydrogen) atoms. The summed E-state index contributed by atoms with van der Waals surface area (Å²) in [5.74, 6) is 0.725. The molecule has 0 aromatic carbocycles. The molecule has 1 unspecified atom stereocenters. The van der Waals surface area contributed by atoms with E-state index in [0.29, 0.717) is 5.41 Å². The normalized spacial score (nSPS) is 22.2. The van der Waals surface area contributed by atoms with E-state index in [9.17, 15) is 0 Å². The Bertz CT molecular complexity index is 165. The Morgan fingerprint density at radius 3 is 2.87 bits per heavy atom. The molecule has 90 valence electrons. The first kappa shape index (κ1) is 12.9. The second kappa shape index (κ2) is 6.46. The Hall–Kier alpha value is -0.120. The highest BCUT2D eigenvalue weighted by Crippen LogP contribution is 2.19. The Kier molecular flexibility index (Phi) is 5.58. The van der Waals surface area contributed by atoms with Crippen molar-refractivity contribution in [2.75, 3.05) is 40.0 Å². The second-order valence-corrected chi connectivity index (χ2v) is 5.27. The Balaban J connectivity index is 2.06. The van der Waals surface area contributed by atoms with Crippen LogP contribution in [0.4, 0.5) is 0 Å². The van der Waals surface area contributed by atoms with Gasteiger partial charge in [-0.15, -0.1) is 0 Å². The molecule has 0 aliphatic carbocycles. The molecule has 3 nitrogen and oxygen atoms in total. The summed E-state index contributed by atoms with van der Waals surface area (Å²) in [4.78, 5) is 0. The van der Waals surface area contributed by atoms with Crippen molar-refractivity contribution in [3.05, 3.63) is 0 Å². The van der Waals surface area contributed by atoms with Crippen LogP contribution < -0.4 is 5.32 Å². The third-order valence-electron chi connectivity index (χ3n) is 3.04. The molecule has 0 spiro atoms. The van der Waals surface area contributed by atoms with Crippen molar-refractivity contribution in [1.29, 1.82) is 0 Å². The average molecular weight is 215 g/mol. The van der Waals surface area contributed by atoms with Crippen LogP contribution in [-0.4, -0.2) is 40.0 Å². The van der Waals surface area contributed by atoms with Crippen LogP contribution in [0.15, 0.2) is 0 Å². The van der Waals surface area contributed by atoms with Gasteiger partial charge in [0.05, 0.1) is 6.61 Å². The highest BCUT2D eigenvalue weighted by molar-refractivity contribution is 4.74. The van der Waals surface area contributed by atoms with Gasteiger partial charge in [0.1, 0.15) is 0 Å². The summed E-state index contributed by atoms with van der Waals surface area (Å²) >= 11 is 0. The lowest BCUT2D eigenvalue weighted by Gasteiger charge is -2.25. The van der Waals surface area contributed by atoms with Crippen LogP contribution >= 0.6 is 0 Å². The molecule has 0 bridgehead atoms. The molecule has 1 aliphatic rings. The number of methoxy groups -OCH3 is 1. The van der Waals surface area contributed by atoms with Crippen molar-refractivity contribution in [2.45, 2.75) is 26.7 Å². The predicted octanol–water partition coefficient (Wildman–Crippen LogP) is 1.68. The van der Waals surface area contributed by atoms with E-state index in [1.54, 1.807) is 7.11 Å². The Morgan fingerprint density at radius 2 is 2.27 bits per heavy atom. The number of hydrogen-bond donors (Lipinski definition) is 1. The zero-order valence-corrected chi connectivity index (χ0v) is 10.3. The molecule has 1 saturated heterocycles. The fourth-order valence-electron chi connectivity index (χ4n) is 1.83. The summed E-state index contributed by atoms with van der Waals surface area (Å²) in [5, 5.41) is 3.54. The van der Waals surface area contributed by atoms with Crippen LogP contribution in [0.2, 0.25) is 0 Å². The maximum atomic E-state index is 5.34. The number of rotatable bonds is 7. The average Bonchev–Trinajstić information content (AvgIpc) is 2.67. The van der Waals surface area contributed by atoms with Crippen LogP contribution in [0.3, 0.4) is 0 Å². The number of ether oxygens (including phenoxy) is 2. The molecule has 1 N–H and O–H groups in total. The van der Waals surface area contributed by atoms with Crippen LogP contribution in [0.5, 0.6) is 0 Å². The number of nitrogens with one attached hydrogen (secondary N) is 1. The van der Waals surface area contributed by atoms with Gasteiger partial charge in [0.2, 0.25) is 0 Å². The van der Waals surface area contributed by atoms with Gasteiger partial charge >= 0.3 is 0 Å². The first-order chi connectivity index (χ1) is 7.14. The van der Waals surface area contributed by atoms with E-state index < -0.39 is 0 Å². The second-order valence-electron chi connectivity index (χ2n) is 5.27. The lowest BCUT2D eigenvalue weighted by Crippen LogP contribution is -2.33. The summed E-state index contributed by atoms with van der Waals surface area (Å²) < 4.78 is 10.5. The highest BCUT2D eigenvalue weighted by Gasteiger charge is 2.19. The zero-order chi connectivity index (χ0) is 11.1. The van der Waals surface area contributed by atoms with Crippen LogP contribution in [0.1, 0.15) is 26.7 Å². The van der Waals surface area contributed by atoms with Crippen LogP contribution in [0.25, 0.3) is 0 Å². The SMILES string of the molecule is COCCC(C)(C)CNCC1CCOC1. The molecule has 3 heteroatoms. The van der Waals surface area contributed by atoms with E-state index in [-0.39, 0.29) is 0 Å². The van der Waals surface area contributed by atoms with Gasteiger partial charge in [-0.25, -0.2) is 0 Å². The fraction of sp³-hybridized carbons (Fsp3) is 1.00. The summed E-state index contributed by atoms with van der Waals surface area (Å²) in [7, 11) is 1.76. The van der Waals surface area contributed by atoms with Gasteiger partial charge in [0, 0.05) is 33.4 Å². The topological polar surface area (TPSA) is 30.5 Å². The van der Waals surface area contributed by atoms with E-state index in [0.717, 1.165) is 45.2 Å². The van der Waals surface area contributed by atoms with Gasteiger partial charge in [-0.1, -0.05) is 13.8 Å².